The number of aliphatic hydroxyl groups excluding tert-OH is 1. The highest BCUT2D eigenvalue weighted by molar-refractivity contribution is 8.02. The summed E-state index contributed by atoms with van der Waals surface area (Å²) in [7, 11) is 0. The van der Waals surface area contributed by atoms with Crippen LogP contribution in [0.15, 0.2) is 91.0 Å². The molecular weight excluding hydrogens is 598 g/mol. The van der Waals surface area contributed by atoms with Gasteiger partial charge in [0.05, 0.1) is 35.8 Å². The molecule has 2 fully saturated rings. The average Bonchev–Trinajstić information content (AvgIpc) is 3.33. The number of carbonyl (C=O) groups excluding carboxylic acids is 3. The Morgan fingerprint density at radius 3 is 2.22 bits per heavy atom. The number of hydrogen-bond acceptors (Lipinski definition) is 6. The zero-order chi connectivity index (χ0) is 32.2. The van der Waals surface area contributed by atoms with Gasteiger partial charge in [0.2, 0.25) is 11.8 Å². The van der Waals surface area contributed by atoms with E-state index in [0.29, 0.717) is 26.1 Å². The summed E-state index contributed by atoms with van der Waals surface area (Å²) in [6.07, 6.45) is 8.55. The van der Waals surface area contributed by atoms with Gasteiger partial charge in [-0.25, -0.2) is 0 Å². The van der Waals surface area contributed by atoms with Crippen molar-refractivity contribution in [3.63, 3.8) is 0 Å². The molecule has 4 aliphatic rings. The molecule has 3 aromatic rings. The molecule has 9 heteroatoms. The van der Waals surface area contributed by atoms with E-state index in [9.17, 15) is 19.5 Å². The SMILES string of the molecule is CCOc1ccc(N2CC=C[C@]3(C)S[C@]45C=CCN(c6ccc7ccccc7c6)C(=O)C4N([C@@H](CC)CO)C(=O)[C@@H]5[C@@H]3C2=O)cc1. The standard InChI is InChI=1S/C37H39N3O5S/c1-4-26(23-41)40-32-35(44)39(28-13-12-24-10-6-7-11-25(24)22-28)21-9-19-37(32)31(34(40)43)30-33(42)38(20-8-18-36(30,3)46-37)27-14-16-29(17-15-27)45-5-2/h6-19,22,26,30-32,41H,4-5,20-21,23H2,1-3H3/t26-,30+,31-,32?,36-,37-/m0/s1. The van der Waals surface area contributed by atoms with E-state index in [4.69, 9.17) is 4.74 Å². The summed E-state index contributed by atoms with van der Waals surface area (Å²) >= 11 is 1.55. The largest absolute Gasteiger partial charge is 0.494 e. The van der Waals surface area contributed by atoms with Gasteiger partial charge in [0, 0.05) is 29.2 Å². The quantitative estimate of drug-likeness (QED) is 0.358. The van der Waals surface area contributed by atoms with Gasteiger partial charge in [0.15, 0.2) is 0 Å². The molecule has 0 aromatic heterocycles. The lowest BCUT2D eigenvalue weighted by Crippen LogP contribution is -2.56. The van der Waals surface area contributed by atoms with Crippen molar-refractivity contribution in [3.8, 4) is 5.75 Å². The third-order valence-electron chi connectivity index (χ3n) is 10.1. The molecule has 46 heavy (non-hydrogen) atoms. The van der Waals surface area contributed by atoms with Crippen LogP contribution < -0.4 is 14.5 Å². The molecule has 1 spiro atoms. The number of thioether (sulfide) groups is 1. The zero-order valence-corrected chi connectivity index (χ0v) is 27.2. The molecule has 2 saturated heterocycles. The summed E-state index contributed by atoms with van der Waals surface area (Å²) in [4.78, 5) is 49.5. The van der Waals surface area contributed by atoms with Crippen LogP contribution in [0.3, 0.4) is 0 Å². The van der Waals surface area contributed by atoms with Crippen molar-refractivity contribution in [2.45, 2.75) is 48.8 Å². The Hall–Kier alpha value is -4.08. The first-order valence-corrected chi connectivity index (χ1v) is 16.9. The first-order chi connectivity index (χ1) is 22.3. The minimum Gasteiger partial charge on any atom is -0.494 e. The zero-order valence-electron chi connectivity index (χ0n) is 26.3. The molecule has 3 aromatic carbocycles. The Kier molecular flexibility index (Phi) is 7.72. The molecule has 8 nitrogen and oxygen atoms in total. The number of amides is 3. The van der Waals surface area contributed by atoms with Crippen LogP contribution in [0.5, 0.6) is 5.75 Å². The van der Waals surface area contributed by atoms with E-state index in [1.165, 1.54) is 0 Å². The van der Waals surface area contributed by atoms with Gasteiger partial charge in [-0.15, -0.1) is 11.8 Å². The summed E-state index contributed by atoms with van der Waals surface area (Å²) in [6.45, 7) is 6.85. The summed E-state index contributed by atoms with van der Waals surface area (Å²) in [5, 5.41) is 12.6. The van der Waals surface area contributed by atoms with Gasteiger partial charge in [0.1, 0.15) is 11.8 Å². The first kappa shape index (κ1) is 30.6. The molecule has 0 radical (unpaired) electrons. The molecule has 0 aliphatic carbocycles. The highest BCUT2D eigenvalue weighted by Crippen LogP contribution is 2.66. The summed E-state index contributed by atoms with van der Waals surface area (Å²) in [5.41, 5.74) is 1.48. The normalized spacial score (nSPS) is 29.4. The van der Waals surface area contributed by atoms with Gasteiger partial charge in [-0.3, -0.25) is 14.4 Å². The maximum Gasteiger partial charge on any atom is 0.251 e. The smallest absolute Gasteiger partial charge is 0.251 e. The number of hydrogen-bond donors (Lipinski definition) is 1. The number of rotatable bonds is 7. The third-order valence-corrected chi connectivity index (χ3v) is 11.9. The molecule has 0 bridgehead atoms. The molecule has 4 aliphatic heterocycles. The minimum atomic E-state index is -0.996. The maximum absolute atomic E-state index is 14.9. The summed E-state index contributed by atoms with van der Waals surface area (Å²) < 4.78 is 3.89. The van der Waals surface area contributed by atoms with Crippen LogP contribution in [0.4, 0.5) is 11.4 Å². The number of benzene rings is 3. The highest BCUT2D eigenvalue weighted by atomic mass is 32.2. The highest BCUT2D eigenvalue weighted by Gasteiger charge is 2.74. The van der Waals surface area contributed by atoms with E-state index >= 15 is 0 Å². The molecule has 4 heterocycles. The minimum absolute atomic E-state index is 0.145. The van der Waals surface area contributed by atoms with E-state index in [2.05, 4.69) is 6.08 Å². The molecule has 1 N–H and O–H groups in total. The number of nitrogens with zero attached hydrogens (tertiary/aromatic N) is 3. The van der Waals surface area contributed by atoms with Crippen molar-refractivity contribution in [3.05, 3.63) is 91.0 Å². The molecule has 3 amide bonds. The van der Waals surface area contributed by atoms with Gasteiger partial charge in [-0.2, -0.15) is 0 Å². The van der Waals surface area contributed by atoms with Gasteiger partial charge < -0.3 is 24.5 Å². The second-order valence-electron chi connectivity index (χ2n) is 12.6. The van der Waals surface area contributed by atoms with Crippen LogP contribution in [0.25, 0.3) is 10.8 Å². The number of likely N-dealkylation sites (tertiary alicyclic amines) is 1. The Labute approximate surface area is 273 Å². The van der Waals surface area contributed by atoms with E-state index < -0.39 is 33.4 Å². The van der Waals surface area contributed by atoms with Crippen molar-refractivity contribution in [1.82, 2.24) is 4.90 Å². The maximum atomic E-state index is 14.9. The Morgan fingerprint density at radius 2 is 1.52 bits per heavy atom. The number of aliphatic hydroxyl groups is 1. The molecular formula is C37H39N3O5S. The molecule has 0 saturated carbocycles. The number of carbonyl (C=O) groups is 3. The monoisotopic (exact) mass is 637 g/mol. The van der Waals surface area contributed by atoms with Crippen LogP contribution in [0.2, 0.25) is 0 Å². The third kappa shape index (κ3) is 4.58. The number of ether oxygens (including phenoxy) is 1. The van der Waals surface area contributed by atoms with Crippen molar-refractivity contribution >= 4 is 51.6 Å². The second-order valence-corrected chi connectivity index (χ2v) is 14.4. The van der Waals surface area contributed by atoms with Gasteiger partial charge in [-0.1, -0.05) is 61.6 Å². The lowest BCUT2D eigenvalue weighted by Gasteiger charge is -2.39. The Bertz CT molecular complexity index is 1750. The van der Waals surface area contributed by atoms with Crippen LogP contribution in [-0.4, -0.2) is 75.6 Å². The van der Waals surface area contributed by atoms with E-state index in [1.54, 1.807) is 26.5 Å². The number of fused-ring (bicyclic) bond motifs is 3. The van der Waals surface area contributed by atoms with Crippen LogP contribution in [0.1, 0.15) is 27.2 Å². The lowest BCUT2D eigenvalue weighted by atomic mass is 9.74. The lowest BCUT2D eigenvalue weighted by molar-refractivity contribution is -0.142. The Morgan fingerprint density at radius 1 is 0.848 bits per heavy atom. The van der Waals surface area contributed by atoms with Crippen LogP contribution >= 0.6 is 11.8 Å². The van der Waals surface area contributed by atoms with Crippen molar-refractivity contribution in [1.29, 1.82) is 0 Å². The average molecular weight is 638 g/mol. The van der Waals surface area contributed by atoms with Gasteiger partial charge in [0.25, 0.3) is 5.91 Å². The predicted molar refractivity (Wildman–Crippen MR) is 182 cm³/mol. The summed E-state index contributed by atoms with van der Waals surface area (Å²) in [6, 6.07) is 20.0. The Balaban J connectivity index is 1.32. The first-order valence-electron chi connectivity index (χ1n) is 16.1. The van der Waals surface area contributed by atoms with Crippen LogP contribution in [-0.2, 0) is 14.4 Å². The van der Waals surface area contributed by atoms with Gasteiger partial charge in [-0.05, 0) is 67.4 Å². The molecule has 238 valence electrons. The van der Waals surface area contributed by atoms with E-state index in [0.717, 1.165) is 27.9 Å². The summed E-state index contributed by atoms with van der Waals surface area (Å²) in [5.74, 6) is -1.37. The topological polar surface area (TPSA) is 90.4 Å². The van der Waals surface area contributed by atoms with Crippen LogP contribution in [0, 0.1) is 11.8 Å². The molecule has 6 atom stereocenters. The fraction of sp³-hybridized carbons (Fsp3) is 0.378. The fourth-order valence-corrected chi connectivity index (χ4v) is 10.1. The van der Waals surface area contributed by atoms with Crippen molar-refractivity contribution in [2.75, 3.05) is 36.1 Å². The van der Waals surface area contributed by atoms with E-state index in [1.807, 2.05) is 106 Å². The predicted octanol–water partition coefficient (Wildman–Crippen LogP) is 5.20. The fourth-order valence-electron chi connectivity index (χ4n) is 7.97. The molecule has 7 rings (SSSR count). The van der Waals surface area contributed by atoms with Gasteiger partial charge >= 0.3 is 0 Å². The molecule has 1 unspecified atom stereocenters. The van der Waals surface area contributed by atoms with E-state index in [-0.39, 0.29) is 24.3 Å². The van der Waals surface area contributed by atoms with Crippen molar-refractivity contribution in [2.24, 2.45) is 11.8 Å². The number of anilines is 2. The van der Waals surface area contributed by atoms with Crippen molar-refractivity contribution < 1.29 is 24.2 Å². The second kappa shape index (κ2) is 11.6.